The topological polar surface area (TPSA) is 85.1 Å². The van der Waals surface area contributed by atoms with E-state index in [-0.39, 0.29) is 18.3 Å². The van der Waals surface area contributed by atoms with Gasteiger partial charge in [0.15, 0.2) is 0 Å². The van der Waals surface area contributed by atoms with Gasteiger partial charge in [-0.25, -0.2) is 0 Å². The lowest BCUT2D eigenvalue weighted by Gasteiger charge is -2.34. The van der Waals surface area contributed by atoms with Crippen LogP contribution < -0.4 is 4.74 Å². The second-order valence-corrected chi connectivity index (χ2v) is 4.64. The number of hydrogen-bond donors (Lipinski definition) is 1. The Morgan fingerprint density at radius 1 is 1.60 bits per heavy atom. The van der Waals surface area contributed by atoms with Gasteiger partial charge in [0.1, 0.15) is 5.75 Å². The number of nitro benzene ring substituents is 1. The first kappa shape index (κ1) is 14.7. The van der Waals surface area contributed by atoms with Crippen molar-refractivity contribution in [1.29, 1.82) is 0 Å². The molecule has 1 fully saturated rings. The van der Waals surface area contributed by atoms with Gasteiger partial charge >= 0.3 is 0 Å². The van der Waals surface area contributed by atoms with Crippen LogP contribution in [0, 0.1) is 10.1 Å². The third kappa shape index (κ3) is 3.24. The fourth-order valence-electron chi connectivity index (χ4n) is 2.29. The molecule has 1 aliphatic heterocycles. The highest BCUT2D eigenvalue weighted by Crippen LogP contribution is 2.26. The average Bonchev–Trinajstić information content (AvgIpc) is 2.47. The second-order valence-electron chi connectivity index (χ2n) is 4.64. The molecule has 1 aromatic carbocycles. The maximum atomic E-state index is 10.9. The summed E-state index contributed by atoms with van der Waals surface area (Å²) in [5, 5.41) is 20.2. The summed E-state index contributed by atoms with van der Waals surface area (Å²) in [5.41, 5.74) is 0.775. The number of nitro groups is 1. The van der Waals surface area contributed by atoms with Gasteiger partial charge in [0.05, 0.1) is 37.9 Å². The molecule has 0 aromatic heterocycles. The molecule has 1 saturated heterocycles. The molecule has 20 heavy (non-hydrogen) atoms. The minimum absolute atomic E-state index is 0.00274. The van der Waals surface area contributed by atoms with Crippen LogP contribution >= 0.6 is 0 Å². The SMILES string of the molecule is COc1ccc([N+](=O)[O-])cc1CN1CCOCC1CO. The molecule has 110 valence electrons. The summed E-state index contributed by atoms with van der Waals surface area (Å²) < 4.78 is 10.6. The molecular weight excluding hydrogens is 264 g/mol. The quantitative estimate of drug-likeness (QED) is 0.635. The Kier molecular flexibility index (Phi) is 4.89. The van der Waals surface area contributed by atoms with E-state index in [1.807, 2.05) is 4.90 Å². The van der Waals surface area contributed by atoms with E-state index in [4.69, 9.17) is 9.47 Å². The summed E-state index contributed by atoms with van der Waals surface area (Å²) >= 11 is 0. The lowest BCUT2D eigenvalue weighted by molar-refractivity contribution is -0.385. The van der Waals surface area contributed by atoms with Crippen molar-refractivity contribution in [2.45, 2.75) is 12.6 Å². The zero-order valence-electron chi connectivity index (χ0n) is 11.3. The standard InChI is InChI=1S/C13H18N2O5/c1-19-13-3-2-11(15(17)18)6-10(13)7-14-4-5-20-9-12(14)8-16/h2-3,6,12,16H,4-5,7-9H2,1H3. The van der Waals surface area contributed by atoms with Gasteiger partial charge in [0, 0.05) is 30.8 Å². The molecule has 0 aliphatic carbocycles. The maximum absolute atomic E-state index is 10.9. The van der Waals surface area contributed by atoms with Crippen LogP contribution in [0.1, 0.15) is 5.56 Å². The van der Waals surface area contributed by atoms with Gasteiger partial charge in [-0.1, -0.05) is 0 Å². The molecule has 7 heteroatoms. The van der Waals surface area contributed by atoms with Gasteiger partial charge in [0.25, 0.3) is 5.69 Å². The van der Waals surface area contributed by atoms with Crippen molar-refractivity contribution in [2.75, 3.05) is 33.5 Å². The van der Waals surface area contributed by atoms with Crippen molar-refractivity contribution in [2.24, 2.45) is 0 Å². The Bertz CT molecular complexity index is 480. The fourth-order valence-corrected chi connectivity index (χ4v) is 2.29. The third-order valence-corrected chi connectivity index (χ3v) is 3.41. The molecule has 1 atom stereocenters. The molecule has 0 amide bonds. The minimum Gasteiger partial charge on any atom is -0.496 e. The van der Waals surface area contributed by atoms with Crippen molar-refractivity contribution in [3.63, 3.8) is 0 Å². The van der Waals surface area contributed by atoms with E-state index >= 15 is 0 Å². The predicted octanol–water partition coefficient (Wildman–Crippen LogP) is 0.796. The van der Waals surface area contributed by atoms with Crippen LogP contribution in [0.2, 0.25) is 0 Å². The molecule has 2 rings (SSSR count). The van der Waals surface area contributed by atoms with Crippen LogP contribution in [0.25, 0.3) is 0 Å². The molecule has 0 radical (unpaired) electrons. The number of aliphatic hydroxyl groups is 1. The zero-order chi connectivity index (χ0) is 14.5. The van der Waals surface area contributed by atoms with Crippen molar-refractivity contribution >= 4 is 5.69 Å². The lowest BCUT2D eigenvalue weighted by atomic mass is 10.1. The van der Waals surface area contributed by atoms with Crippen LogP contribution in [0.4, 0.5) is 5.69 Å². The van der Waals surface area contributed by atoms with Gasteiger partial charge in [-0.15, -0.1) is 0 Å². The number of rotatable bonds is 5. The molecule has 7 nitrogen and oxygen atoms in total. The summed E-state index contributed by atoms with van der Waals surface area (Å²) in [5.74, 6) is 0.610. The van der Waals surface area contributed by atoms with Crippen molar-refractivity contribution in [3.8, 4) is 5.75 Å². The molecule has 1 aliphatic rings. The number of non-ortho nitro benzene ring substituents is 1. The highest BCUT2D eigenvalue weighted by Gasteiger charge is 2.24. The average molecular weight is 282 g/mol. The van der Waals surface area contributed by atoms with Gasteiger partial charge < -0.3 is 14.6 Å². The summed E-state index contributed by atoms with van der Waals surface area (Å²) in [6.45, 7) is 2.22. The molecule has 1 heterocycles. The van der Waals surface area contributed by atoms with E-state index in [9.17, 15) is 15.2 Å². The summed E-state index contributed by atoms with van der Waals surface area (Å²) in [6, 6.07) is 4.45. The van der Waals surface area contributed by atoms with Gasteiger partial charge in [-0.2, -0.15) is 0 Å². The van der Waals surface area contributed by atoms with E-state index in [1.54, 1.807) is 6.07 Å². The monoisotopic (exact) mass is 282 g/mol. The predicted molar refractivity (Wildman–Crippen MR) is 71.8 cm³/mol. The van der Waals surface area contributed by atoms with Crippen LogP contribution in [0.3, 0.4) is 0 Å². The Labute approximate surface area is 116 Å². The number of hydrogen-bond acceptors (Lipinski definition) is 6. The van der Waals surface area contributed by atoms with E-state index in [1.165, 1.54) is 19.2 Å². The number of benzene rings is 1. The molecule has 1 N–H and O–H groups in total. The fraction of sp³-hybridized carbons (Fsp3) is 0.538. The Hall–Kier alpha value is -1.70. The van der Waals surface area contributed by atoms with E-state index in [0.29, 0.717) is 32.1 Å². The normalized spacial score (nSPS) is 19.8. The number of ether oxygens (including phenoxy) is 2. The number of nitrogens with zero attached hydrogens (tertiary/aromatic N) is 2. The van der Waals surface area contributed by atoms with Crippen molar-refractivity contribution in [3.05, 3.63) is 33.9 Å². The van der Waals surface area contributed by atoms with Gasteiger partial charge in [-0.3, -0.25) is 15.0 Å². The first-order chi connectivity index (χ1) is 9.65. The van der Waals surface area contributed by atoms with Crippen molar-refractivity contribution in [1.82, 2.24) is 4.90 Å². The van der Waals surface area contributed by atoms with E-state index in [2.05, 4.69) is 0 Å². The Balaban J connectivity index is 2.21. The van der Waals surface area contributed by atoms with Crippen LogP contribution in [-0.4, -0.2) is 54.4 Å². The smallest absolute Gasteiger partial charge is 0.270 e. The number of morpholine rings is 1. The zero-order valence-corrected chi connectivity index (χ0v) is 11.3. The summed E-state index contributed by atoms with van der Waals surface area (Å²) in [6.07, 6.45) is 0. The summed E-state index contributed by atoms with van der Waals surface area (Å²) in [7, 11) is 1.54. The Morgan fingerprint density at radius 2 is 2.40 bits per heavy atom. The van der Waals surface area contributed by atoms with Gasteiger partial charge in [-0.05, 0) is 6.07 Å². The highest BCUT2D eigenvalue weighted by atomic mass is 16.6. The lowest BCUT2D eigenvalue weighted by Crippen LogP contribution is -2.46. The molecule has 0 bridgehead atoms. The first-order valence-corrected chi connectivity index (χ1v) is 6.39. The number of aliphatic hydroxyl groups excluding tert-OH is 1. The third-order valence-electron chi connectivity index (χ3n) is 3.41. The molecule has 0 spiro atoms. The Morgan fingerprint density at radius 3 is 3.05 bits per heavy atom. The molecule has 1 unspecified atom stereocenters. The minimum atomic E-state index is -0.425. The first-order valence-electron chi connectivity index (χ1n) is 6.39. The maximum Gasteiger partial charge on any atom is 0.270 e. The molecular formula is C13H18N2O5. The second kappa shape index (κ2) is 6.65. The van der Waals surface area contributed by atoms with Crippen LogP contribution in [-0.2, 0) is 11.3 Å². The van der Waals surface area contributed by atoms with Crippen LogP contribution in [0.5, 0.6) is 5.75 Å². The van der Waals surface area contributed by atoms with Gasteiger partial charge in [0.2, 0.25) is 0 Å². The summed E-state index contributed by atoms with van der Waals surface area (Å²) in [4.78, 5) is 12.5. The highest BCUT2D eigenvalue weighted by molar-refractivity contribution is 5.43. The van der Waals surface area contributed by atoms with E-state index in [0.717, 1.165) is 5.56 Å². The van der Waals surface area contributed by atoms with Crippen molar-refractivity contribution < 1.29 is 19.5 Å². The number of methoxy groups -OCH3 is 1. The largest absolute Gasteiger partial charge is 0.496 e. The molecule has 0 saturated carbocycles. The van der Waals surface area contributed by atoms with E-state index < -0.39 is 4.92 Å². The molecule has 1 aromatic rings. The van der Waals surface area contributed by atoms with Crippen LogP contribution in [0.15, 0.2) is 18.2 Å².